The van der Waals surface area contributed by atoms with E-state index in [2.05, 4.69) is 16.9 Å². The van der Waals surface area contributed by atoms with Crippen LogP contribution in [0.2, 0.25) is 0 Å². The minimum atomic E-state index is -0.279. The zero-order valence-corrected chi connectivity index (χ0v) is 13.6. The van der Waals surface area contributed by atoms with Crippen LogP contribution in [-0.2, 0) is 11.8 Å². The fraction of sp³-hybridized carbons (Fsp3) is 0.235. The molecule has 0 bridgehead atoms. The Morgan fingerprint density at radius 1 is 1.39 bits per heavy atom. The Morgan fingerprint density at radius 3 is 2.83 bits per heavy atom. The first-order valence-corrected chi connectivity index (χ1v) is 8.29. The molecule has 118 valence electrons. The number of carbonyl (C=O) groups excluding carboxylic acids is 1. The Morgan fingerprint density at radius 2 is 2.13 bits per heavy atom. The maximum atomic E-state index is 12.6. The number of amides is 1. The molecule has 0 aliphatic carbocycles. The average Bonchev–Trinajstić information content (AvgIpc) is 2.56. The van der Waals surface area contributed by atoms with Gasteiger partial charge < -0.3 is 9.88 Å². The third-order valence-corrected chi connectivity index (χ3v) is 4.86. The van der Waals surface area contributed by atoms with Crippen molar-refractivity contribution in [3.8, 4) is 0 Å². The van der Waals surface area contributed by atoms with E-state index in [1.165, 1.54) is 11.8 Å². The van der Waals surface area contributed by atoms with Crippen LogP contribution in [0.25, 0.3) is 0 Å². The van der Waals surface area contributed by atoms with Gasteiger partial charge in [0.25, 0.3) is 5.56 Å². The average molecular weight is 327 g/mol. The highest BCUT2D eigenvalue weighted by atomic mass is 32.2. The number of rotatable bonds is 4. The van der Waals surface area contributed by atoms with Gasteiger partial charge in [0.05, 0.1) is 5.56 Å². The summed E-state index contributed by atoms with van der Waals surface area (Å²) in [5.41, 5.74) is 1.23. The van der Waals surface area contributed by atoms with E-state index in [9.17, 15) is 9.59 Å². The van der Waals surface area contributed by atoms with Crippen molar-refractivity contribution < 1.29 is 4.79 Å². The van der Waals surface area contributed by atoms with Crippen LogP contribution in [0.3, 0.4) is 0 Å². The fourth-order valence-electron chi connectivity index (χ4n) is 2.77. The summed E-state index contributed by atoms with van der Waals surface area (Å²) in [5, 5.41) is 3.40. The predicted molar refractivity (Wildman–Crippen MR) is 91.9 cm³/mol. The van der Waals surface area contributed by atoms with E-state index in [4.69, 9.17) is 0 Å². The molecule has 1 aromatic heterocycles. The summed E-state index contributed by atoms with van der Waals surface area (Å²) in [6, 6.07) is 9.61. The lowest BCUT2D eigenvalue weighted by Gasteiger charge is -2.27. The Labute approximate surface area is 138 Å². The molecule has 0 fully saturated rings. The lowest BCUT2D eigenvalue weighted by atomic mass is 9.87. The van der Waals surface area contributed by atoms with E-state index in [1.54, 1.807) is 10.6 Å². The zero-order chi connectivity index (χ0) is 16.4. The van der Waals surface area contributed by atoms with E-state index in [0.29, 0.717) is 22.3 Å². The molecule has 0 radical (unpaired) electrons. The van der Waals surface area contributed by atoms with Crippen LogP contribution in [0.15, 0.2) is 52.9 Å². The van der Waals surface area contributed by atoms with Crippen molar-refractivity contribution in [1.29, 1.82) is 0 Å². The van der Waals surface area contributed by atoms with E-state index in [-0.39, 0.29) is 23.8 Å². The highest BCUT2D eigenvalue weighted by Crippen LogP contribution is 2.35. The van der Waals surface area contributed by atoms with Crippen molar-refractivity contribution in [1.82, 2.24) is 9.55 Å². The standard InChI is InChI=1S/C17H17N3O2S/c1-3-9-23-17-19-16(22)14-12(11-7-5-4-6-8-11)10-13(21)18-15(14)20(17)2/h3-8,12H,1,9-10H2,2H3,(H,18,21)/t12-/m1/s1. The molecular formula is C17H17N3O2S. The second-order valence-corrected chi connectivity index (χ2v) is 6.32. The van der Waals surface area contributed by atoms with E-state index < -0.39 is 0 Å². The topological polar surface area (TPSA) is 64.0 Å². The first-order valence-electron chi connectivity index (χ1n) is 7.31. The fourth-order valence-corrected chi connectivity index (χ4v) is 3.47. The summed E-state index contributed by atoms with van der Waals surface area (Å²) in [4.78, 5) is 28.9. The van der Waals surface area contributed by atoms with Crippen molar-refractivity contribution in [3.05, 3.63) is 64.5 Å². The molecule has 0 spiro atoms. The lowest BCUT2D eigenvalue weighted by molar-refractivity contribution is -0.116. The Balaban J connectivity index is 2.15. The van der Waals surface area contributed by atoms with Crippen LogP contribution in [0.4, 0.5) is 5.82 Å². The quantitative estimate of drug-likeness (QED) is 0.532. The van der Waals surface area contributed by atoms with Crippen molar-refractivity contribution >= 4 is 23.5 Å². The number of fused-ring (bicyclic) bond motifs is 1. The molecule has 0 saturated heterocycles. The summed E-state index contributed by atoms with van der Waals surface area (Å²) in [7, 11) is 1.81. The number of carbonyl (C=O) groups is 1. The van der Waals surface area contributed by atoms with Gasteiger partial charge >= 0.3 is 0 Å². The Hall–Kier alpha value is -2.34. The van der Waals surface area contributed by atoms with Gasteiger partial charge in [-0.3, -0.25) is 9.59 Å². The maximum Gasteiger partial charge on any atom is 0.279 e. The molecule has 0 unspecified atom stereocenters. The summed E-state index contributed by atoms with van der Waals surface area (Å²) < 4.78 is 1.78. The van der Waals surface area contributed by atoms with E-state index in [1.807, 2.05) is 37.4 Å². The zero-order valence-electron chi connectivity index (χ0n) is 12.8. The number of nitrogens with one attached hydrogen (secondary N) is 1. The van der Waals surface area contributed by atoms with Crippen molar-refractivity contribution in [3.63, 3.8) is 0 Å². The molecule has 1 aliphatic heterocycles. The van der Waals surface area contributed by atoms with Crippen molar-refractivity contribution in [2.24, 2.45) is 7.05 Å². The third kappa shape index (κ3) is 2.94. The highest BCUT2D eigenvalue weighted by molar-refractivity contribution is 7.99. The number of anilines is 1. The van der Waals surface area contributed by atoms with Crippen molar-refractivity contribution in [2.75, 3.05) is 11.1 Å². The summed E-state index contributed by atoms with van der Waals surface area (Å²) in [6.45, 7) is 3.67. The second kappa shape index (κ2) is 6.42. The molecule has 0 saturated carbocycles. The first-order chi connectivity index (χ1) is 11.1. The van der Waals surface area contributed by atoms with Crippen LogP contribution in [0.1, 0.15) is 23.5 Å². The number of benzene rings is 1. The van der Waals surface area contributed by atoms with Crippen LogP contribution >= 0.6 is 11.8 Å². The van der Waals surface area contributed by atoms with Gasteiger partial charge in [-0.15, -0.1) is 6.58 Å². The largest absolute Gasteiger partial charge is 0.312 e. The first kappa shape index (κ1) is 15.6. The van der Waals surface area contributed by atoms with Gasteiger partial charge in [-0.25, -0.2) is 0 Å². The molecule has 5 nitrogen and oxygen atoms in total. The number of thioether (sulfide) groups is 1. The monoisotopic (exact) mass is 327 g/mol. The number of nitrogens with zero attached hydrogens (tertiary/aromatic N) is 2. The maximum absolute atomic E-state index is 12.6. The predicted octanol–water partition coefficient (Wildman–Crippen LogP) is 2.53. The molecule has 1 amide bonds. The minimum Gasteiger partial charge on any atom is -0.312 e. The third-order valence-electron chi connectivity index (χ3n) is 3.83. The van der Waals surface area contributed by atoms with Crippen LogP contribution in [-0.4, -0.2) is 21.2 Å². The molecule has 1 atom stereocenters. The van der Waals surface area contributed by atoms with Crippen molar-refractivity contribution in [2.45, 2.75) is 17.5 Å². The van der Waals surface area contributed by atoms with Gasteiger partial charge in [0, 0.05) is 25.1 Å². The van der Waals surface area contributed by atoms with Gasteiger partial charge in [-0.05, 0) is 5.56 Å². The highest BCUT2D eigenvalue weighted by Gasteiger charge is 2.31. The summed E-state index contributed by atoms with van der Waals surface area (Å²) in [6.07, 6.45) is 2.01. The normalized spacial score (nSPS) is 16.6. The molecular weight excluding hydrogens is 310 g/mol. The second-order valence-electron chi connectivity index (χ2n) is 5.34. The molecule has 2 heterocycles. The number of aromatic nitrogens is 2. The van der Waals surface area contributed by atoms with Gasteiger partial charge in [-0.1, -0.05) is 48.2 Å². The van der Waals surface area contributed by atoms with E-state index in [0.717, 1.165) is 5.56 Å². The summed E-state index contributed by atoms with van der Waals surface area (Å²) >= 11 is 1.41. The Bertz CT molecular complexity index is 815. The van der Waals surface area contributed by atoms with Crippen LogP contribution in [0, 0.1) is 0 Å². The van der Waals surface area contributed by atoms with Gasteiger partial charge in [-0.2, -0.15) is 4.98 Å². The SMILES string of the molecule is C=CCSc1nc(=O)c2c(n1C)NC(=O)C[C@@H]2c1ccccc1. The minimum absolute atomic E-state index is 0.0905. The summed E-state index contributed by atoms with van der Waals surface area (Å²) in [5.74, 6) is 0.841. The molecule has 23 heavy (non-hydrogen) atoms. The molecule has 2 aromatic rings. The van der Waals surface area contributed by atoms with Crippen LogP contribution in [0.5, 0.6) is 0 Å². The smallest absolute Gasteiger partial charge is 0.279 e. The lowest BCUT2D eigenvalue weighted by Crippen LogP contribution is -2.33. The van der Waals surface area contributed by atoms with Gasteiger partial charge in [0.15, 0.2) is 5.16 Å². The van der Waals surface area contributed by atoms with E-state index >= 15 is 0 Å². The number of hydrogen-bond donors (Lipinski definition) is 1. The van der Waals surface area contributed by atoms with Crippen LogP contribution < -0.4 is 10.9 Å². The molecule has 3 rings (SSSR count). The molecule has 1 N–H and O–H groups in total. The van der Waals surface area contributed by atoms with Gasteiger partial charge in [0.2, 0.25) is 5.91 Å². The molecule has 1 aliphatic rings. The molecule has 6 heteroatoms. The number of hydrogen-bond acceptors (Lipinski definition) is 4. The Kier molecular flexibility index (Phi) is 4.34. The molecule has 1 aromatic carbocycles. The van der Waals surface area contributed by atoms with Gasteiger partial charge in [0.1, 0.15) is 5.82 Å².